The molecule has 0 aromatic heterocycles. The lowest BCUT2D eigenvalue weighted by Gasteiger charge is -2.11. The minimum absolute atomic E-state index is 0.633. The monoisotopic (exact) mass is 261 g/mol. The number of benzene rings is 2. The Balaban J connectivity index is 2.27. The van der Waals surface area contributed by atoms with Crippen molar-refractivity contribution in [1.29, 1.82) is 0 Å². The van der Waals surface area contributed by atoms with E-state index in [0.29, 0.717) is 13.2 Å². The van der Waals surface area contributed by atoms with Crippen molar-refractivity contribution in [2.45, 2.75) is 6.42 Å². The molecular weight excluding hydrogens is 246 g/mol. The number of ether oxygens (including phenoxy) is 1. The zero-order valence-electron chi connectivity index (χ0n) is 10.1. The fourth-order valence-corrected chi connectivity index (χ4v) is 1.94. The molecule has 0 atom stereocenters. The molecule has 0 aliphatic carbocycles. The first-order valence-electron chi connectivity index (χ1n) is 5.99. The van der Waals surface area contributed by atoms with E-state index in [1.807, 2.05) is 48.5 Å². The van der Waals surface area contributed by atoms with Crippen LogP contribution in [0.5, 0.6) is 5.75 Å². The van der Waals surface area contributed by atoms with E-state index in [4.69, 9.17) is 22.1 Å². The van der Waals surface area contributed by atoms with Gasteiger partial charge in [-0.25, -0.2) is 0 Å². The van der Waals surface area contributed by atoms with E-state index < -0.39 is 0 Å². The van der Waals surface area contributed by atoms with Crippen molar-refractivity contribution in [3.05, 3.63) is 53.6 Å². The Hall–Kier alpha value is -1.51. The summed E-state index contributed by atoms with van der Waals surface area (Å²) in [4.78, 5) is 0. The maximum Gasteiger partial charge on any atom is 0.127 e. The van der Waals surface area contributed by atoms with Gasteiger partial charge in [0.1, 0.15) is 5.75 Å². The van der Waals surface area contributed by atoms with Gasteiger partial charge in [-0.3, -0.25) is 0 Å². The first kappa shape index (κ1) is 12.9. The summed E-state index contributed by atoms with van der Waals surface area (Å²) in [5, 5.41) is 0.726. The van der Waals surface area contributed by atoms with E-state index in [2.05, 4.69) is 0 Å². The number of hydrogen-bond acceptors (Lipinski definition) is 2. The summed E-state index contributed by atoms with van der Waals surface area (Å²) in [6.07, 6.45) is 0.851. The molecule has 2 aromatic rings. The highest BCUT2D eigenvalue weighted by Gasteiger charge is 2.05. The molecule has 0 amide bonds. The highest BCUT2D eigenvalue weighted by molar-refractivity contribution is 6.30. The maximum atomic E-state index is 6.02. The highest BCUT2D eigenvalue weighted by Crippen LogP contribution is 2.31. The molecule has 2 N–H and O–H groups in total. The normalized spacial score (nSPS) is 10.3. The highest BCUT2D eigenvalue weighted by atomic mass is 35.5. The van der Waals surface area contributed by atoms with Crippen LogP contribution in [0, 0.1) is 0 Å². The molecule has 0 radical (unpaired) electrons. The summed E-state index contributed by atoms with van der Waals surface area (Å²) >= 11 is 6.02. The van der Waals surface area contributed by atoms with E-state index in [9.17, 15) is 0 Å². The van der Waals surface area contributed by atoms with Crippen molar-refractivity contribution in [2.24, 2.45) is 5.73 Å². The smallest absolute Gasteiger partial charge is 0.127 e. The minimum Gasteiger partial charge on any atom is -0.493 e. The van der Waals surface area contributed by atoms with Gasteiger partial charge in [0, 0.05) is 10.6 Å². The maximum absolute atomic E-state index is 6.02. The average Bonchev–Trinajstić information content (AvgIpc) is 2.40. The summed E-state index contributed by atoms with van der Waals surface area (Å²) in [6.45, 7) is 1.27. The van der Waals surface area contributed by atoms with Crippen LogP contribution >= 0.6 is 11.6 Å². The van der Waals surface area contributed by atoms with Gasteiger partial charge in [-0.1, -0.05) is 41.9 Å². The van der Waals surface area contributed by atoms with Gasteiger partial charge in [0.25, 0.3) is 0 Å². The van der Waals surface area contributed by atoms with Gasteiger partial charge in [0.2, 0.25) is 0 Å². The van der Waals surface area contributed by atoms with Crippen LogP contribution in [0.3, 0.4) is 0 Å². The van der Waals surface area contributed by atoms with Crippen molar-refractivity contribution in [3.63, 3.8) is 0 Å². The molecule has 2 nitrogen and oxygen atoms in total. The average molecular weight is 262 g/mol. The first-order valence-corrected chi connectivity index (χ1v) is 6.37. The third-order valence-corrected chi connectivity index (χ3v) is 2.86. The molecule has 3 heteroatoms. The van der Waals surface area contributed by atoms with E-state index in [-0.39, 0.29) is 0 Å². The predicted molar refractivity (Wildman–Crippen MR) is 76.1 cm³/mol. The second kappa shape index (κ2) is 6.43. The zero-order chi connectivity index (χ0) is 12.8. The zero-order valence-corrected chi connectivity index (χ0v) is 10.9. The van der Waals surface area contributed by atoms with Crippen molar-refractivity contribution >= 4 is 11.6 Å². The molecule has 0 spiro atoms. The van der Waals surface area contributed by atoms with Gasteiger partial charge in [-0.2, -0.15) is 0 Å². The quantitative estimate of drug-likeness (QED) is 0.833. The van der Waals surface area contributed by atoms with Crippen molar-refractivity contribution < 1.29 is 4.74 Å². The summed E-state index contributed by atoms with van der Waals surface area (Å²) in [7, 11) is 0. The Kier molecular flexibility index (Phi) is 4.62. The summed E-state index contributed by atoms with van der Waals surface area (Å²) in [6, 6.07) is 15.7. The molecule has 0 fully saturated rings. The number of rotatable bonds is 5. The van der Waals surface area contributed by atoms with Crippen LogP contribution in [0.15, 0.2) is 48.5 Å². The largest absolute Gasteiger partial charge is 0.493 e. The third kappa shape index (κ3) is 3.25. The van der Waals surface area contributed by atoms with Gasteiger partial charge in [-0.15, -0.1) is 0 Å². The Morgan fingerprint density at radius 2 is 1.89 bits per heavy atom. The summed E-state index contributed by atoms with van der Waals surface area (Å²) in [5.41, 5.74) is 7.58. The Bertz CT molecular complexity index is 513. The van der Waals surface area contributed by atoms with Gasteiger partial charge >= 0.3 is 0 Å². The molecule has 0 unspecified atom stereocenters. The van der Waals surface area contributed by atoms with Crippen molar-refractivity contribution in [3.8, 4) is 16.9 Å². The standard InChI is InChI=1S/C15H16ClNO/c16-13-6-3-5-12(11-13)14-7-1-2-8-15(14)18-10-4-9-17/h1-3,5-8,11H,4,9-10,17H2. The molecular formula is C15H16ClNO. The number of hydrogen-bond donors (Lipinski definition) is 1. The van der Waals surface area contributed by atoms with Gasteiger partial charge in [0.15, 0.2) is 0 Å². The second-order valence-corrected chi connectivity index (χ2v) is 4.43. The van der Waals surface area contributed by atoms with E-state index in [1.165, 1.54) is 0 Å². The third-order valence-electron chi connectivity index (χ3n) is 2.63. The Morgan fingerprint density at radius 1 is 1.06 bits per heavy atom. The predicted octanol–water partition coefficient (Wildman–Crippen LogP) is 3.73. The van der Waals surface area contributed by atoms with Crippen LogP contribution in [0.1, 0.15) is 6.42 Å². The molecule has 0 bridgehead atoms. The van der Waals surface area contributed by atoms with E-state index >= 15 is 0 Å². The fourth-order valence-electron chi connectivity index (χ4n) is 1.75. The van der Waals surface area contributed by atoms with Gasteiger partial charge in [-0.05, 0) is 36.7 Å². The summed E-state index contributed by atoms with van der Waals surface area (Å²) < 4.78 is 5.75. The van der Waals surface area contributed by atoms with Gasteiger partial charge < -0.3 is 10.5 Å². The van der Waals surface area contributed by atoms with Crippen LogP contribution in [0.4, 0.5) is 0 Å². The molecule has 0 saturated carbocycles. The van der Waals surface area contributed by atoms with Crippen LogP contribution < -0.4 is 10.5 Å². The number of nitrogens with two attached hydrogens (primary N) is 1. The van der Waals surface area contributed by atoms with Crippen LogP contribution in [-0.4, -0.2) is 13.2 Å². The van der Waals surface area contributed by atoms with Crippen LogP contribution in [-0.2, 0) is 0 Å². The molecule has 0 saturated heterocycles. The number of halogens is 1. The fraction of sp³-hybridized carbons (Fsp3) is 0.200. The first-order chi connectivity index (χ1) is 8.81. The lowest BCUT2D eigenvalue weighted by molar-refractivity contribution is 0.314. The second-order valence-electron chi connectivity index (χ2n) is 4.00. The van der Waals surface area contributed by atoms with Gasteiger partial charge in [0.05, 0.1) is 6.61 Å². The Morgan fingerprint density at radius 3 is 2.67 bits per heavy atom. The van der Waals surface area contributed by atoms with Crippen molar-refractivity contribution in [1.82, 2.24) is 0 Å². The van der Waals surface area contributed by atoms with E-state index in [1.54, 1.807) is 0 Å². The van der Waals surface area contributed by atoms with Crippen LogP contribution in [0.2, 0.25) is 5.02 Å². The topological polar surface area (TPSA) is 35.2 Å². The molecule has 0 heterocycles. The number of para-hydroxylation sites is 1. The molecule has 2 aromatic carbocycles. The molecule has 18 heavy (non-hydrogen) atoms. The molecule has 0 aliphatic heterocycles. The summed E-state index contributed by atoms with van der Waals surface area (Å²) in [5.74, 6) is 0.869. The van der Waals surface area contributed by atoms with Crippen LogP contribution in [0.25, 0.3) is 11.1 Å². The lowest BCUT2D eigenvalue weighted by Crippen LogP contribution is -2.06. The van der Waals surface area contributed by atoms with E-state index in [0.717, 1.165) is 28.3 Å². The SMILES string of the molecule is NCCCOc1ccccc1-c1cccc(Cl)c1. The Labute approximate surface area is 112 Å². The molecule has 0 aliphatic rings. The molecule has 94 valence electrons. The molecule has 2 rings (SSSR count). The van der Waals surface area contributed by atoms with Crippen molar-refractivity contribution in [2.75, 3.05) is 13.2 Å². The minimum atomic E-state index is 0.633. The lowest BCUT2D eigenvalue weighted by atomic mass is 10.0.